The molecule has 1 unspecified atom stereocenters. The van der Waals surface area contributed by atoms with Crippen molar-refractivity contribution in [1.29, 1.82) is 0 Å². The second-order valence-corrected chi connectivity index (χ2v) is 7.79. The molecule has 2 aromatic carbocycles. The minimum Gasteiger partial charge on any atom is -0.381 e. The molecule has 1 saturated heterocycles. The van der Waals surface area contributed by atoms with E-state index in [1.54, 1.807) is 4.90 Å². The Bertz CT molecular complexity index is 971. The SMILES string of the molecule is NCCCc1ccc(NCc2cccc3c2C(=O)N(C2CCC(=O)NC2=O)C3)cc1. The molecule has 0 spiro atoms. The standard InChI is InChI=1S/C23H26N4O3/c24-12-2-3-15-6-8-18(9-7-15)25-13-16-4-1-5-17-14-27(23(30)21(16)17)19-10-11-20(28)26-22(19)29/h1,4-9,19,25H,2-3,10-14,24H2,(H,26,28,29). The summed E-state index contributed by atoms with van der Waals surface area (Å²) in [6.45, 7) is 1.59. The number of piperidine rings is 1. The van der Waals surface area contributed by atoms with Crippen LogP contribution < -0.4 is 16.4 Å². The summed E-state index contributed by atoms with van der Waals surface area (Å²) in [5, 5.41) is 5.73. The number of carbonyl (C=O) groups excluding carboxylic acids is 3. The Kier molecular flexibility index (Phi) is 5.81. The smallest absolute Gasteiger partial charge is 0.255 e. The van der Waals surface area contributed by atoms with E-state index in [2.05, 4.69) is 22.8 Å². The van der Waals surface area contributed by atoms with Gasteiger partial charge in [0.1, 0.15) is 6.04 Å². The topological polar surface area (TPSA) is 105 Å². The summed E-state index contributed by atoms with van der Waals surface area (Å²) < 4.78 is 0. The number of nitrogens with zero attached hydrogens (tertiary/aromatic N) is 1. The van der Waals surface area contributed by atoms with Gasteiger partial charge < -0.3 is 16.0 Å². The van der Waals surface area contributed by atoms with Crippen LogP contribution in [0.3, 0.4) is 0 Å². The highest BCUT2D eigenvalue weighted by Gasteiger charge is 2.39. The van der Waals surface area contributed by atoms with E-state index >= 15 is 0 Å². The van der Waals surface area contributed by atoms with E-state index < -0.39 is 6.04 Å². The number of amides is 3. The number of rotatable bonds is 7. The minimum absolute atomic E-state index is 0.144. The summed E-state index contributed by atoms with van der Waals surface area (Å²) in [6.07, 6.45) is 2.56. The first-order valence-electron chi connectivity index (χ1n) is 10.3. The first-order chi connectivity index (χ1) is 14.6. The maximum absolute atomic E-state index is 13.1. The Hall–Kier alpha value is -3.19. The predicted molar refractivity (Wildman–Crippen MR) is 114 cm³/mol. The molecule has 1 atom stereocenters. The van der Waals surface area contributed by atoms with Crippen molar-refractivity contribution in [2.75, 3.05) is 11.9 Å². The van der Waals surface area contributed by atoms with E-state index in [4.69, 9.17) is 5.73 Å². The lowest BCUT2D eigenvalue weighted by molar-refractivity contribution is -0.136. The second kappa shape index (κ2) is 8.67. The molecule has 0 saturated carbocycles. The number of benzene rings is 2. The largest absolute Gasteiger partial charge is 0.381 e. The summed E-state index contributed by atoms with van der Waals surface area (Å²) in [6, 6.07) is 13.4. The van der Waals surface area contributed by atoms with Gasteiger partial charge in [0.25, 0.3) is 5.91 Å². The number of carbonyl (C=O) groups is 3. The van der Waals surface area contributed by atoms with Crippen LogP contribution in [0, 0.1) is 0 Å². The van der Waals surface area contributed by atoms with Gasteiger partial charge in [-0.2, -0.15) is 0 Å². The molecular weight excluding hydrogens is 380 g/mol. The van der Waals surface area contributed by atoms with Gasteiger partial charge >= 0.3 is 0 Å². The lowest BCUT2D eigenvalue weighted by Crippen LogP contribution is -2.52. The Balaban J connectivity index is 1.45. The molecule has 156 valence electrons. The highest BCUT2D eigenvalue weighted by molar-refractivity contribution is 6.06. The van der Waals surface area contributed by atoms with E-state index in [1.807, 2.05) is 30.3 Å². The highest BCUT2D eigenvalue weighted by Crippen LogP contribution is 2.30. The van der Waals surface area contributed by atoms with Crippen molar-refractivity contribution < 1.29 is 14.4 Å². The predicted octanol–water partition coefficient (Wildman–Crippen LogP) is 1.95. The molecule has 4 rings (SSSR count). The third-order valence-electron chi connectivity index (χ3n) is 5.75. The number of nitrogens with one attached hydrogen (secondary N) is 2. The summed E-state index contributed by atoms with van der Waals surface area (Å²) in [5.74, 6) is -0.810. The zero-order chi connectivity index (χ0) is 21.1. The van der Waals surface area contributed by atoms with Crippen LogP contribution in [0.1, 0.15) is 46.3 Å². The van der Waals surface area contributed by atoms with Gasteiger partial charge in [-0.05, 0) is 54.6 Å². The van der Waals surface area contributed by atoms with Crippen molar-refractivity contribution in [3.63, 3.8) is 0 Å². The van der Waals surface area contributed by atoms with Crippen LogP contribution in [0.25, 0.3) is 0 Å². The molecule has 2 aliphatic heterocycles. The number of nitrogens with two attached hydrogens (primary N) is 1. The lowest BCUT2D eigenvalue weighted by atomic mass is 10.0. The summed E-state index contributed by atoms with van der Waals surface area (Å²) >= 11 is 0. The Morgan fingerprint density at radius 1 is 1.10 bits per heavy atom. The zero-order valence-corrected chi connectivity index (χ0v) is 16.8. The van der Waals surface area contributed by atoms with Gasteiger partial charge in [-0.25, -0.2) is 0 Å². The van der Waals surface area contributed by atoms with Crippen LogP contribution >= 0.6 is 0 Å². The van der Waals surface area contributed by atoms with E-state index in [1.165, 1.54) is 5.56 Å². The molecule has 0 bridgehead atoms. The molecule has 4 N–H and O–H groups in total. The van der Waals surface area contributed by atoms with Crippen LogP contribution in [-0.4, -0.2) is 35.2 Å². The Morgan fingerprint density at radius 2 is 1.90 bits per heavy atom. The quantitative estimate of drug-likeness (QED) is 0.610. The maximum atomic E-state index is 13.1. The van der Waals surface area contributed by atoms with Crippen LogP contribution in [0.5, 0.6) is 0 Å². The molecule has 0 aliphatic carbocycles. The van der Waals surface area contributed by atoms with Crippen molar-refractivity contribution in [2.45, 2.75) is 44.8 Å². The van der Waals surface area contributed by atoms with Gasteiger partial charge in [0, 0.05) is 30.8 Å². The van der Waals surface area contributed by atoms with Crippen LogP contribution in [0.4, 0.5) is 5.69 Å². The number of imide groups is 1. The van der Waals surface area contributed by atoms with Crippen molar-refractivity contribution in [3.8, 4) is 0 Å². The van der Waals surface area contributed by atoms with Crippen molar-refractivity contribution in [2.24, 2.45) is 5.73 Å². The van der Waals surface area contributed by atoms with Gasteiger partial charge in [-0.1, -0.05) is 30.3 Å². The van der Waals surface area contributed by atoms with Crippen LogP contribution in [0.15, 0.2) is 42.5 Å². The van der Waals surface area contributed by atoms with E-state index in [-0.39, 0.29) is 24.1 Å². The van der Waals surface area contributed by atoms with Gasteiger partial charge in [0.15, 0.2) is 0 Å². The molecule has 1 fully saturated rings. The third-order valence-corrected chi connectivity index (χ3v) is 5.75. The second-order valence-electron chi connectivity index (χ2n) is 7.79. The fraction of sp³-hybridized carbons (Fsp3) is 0.348. The Morgan fingerprint density at radius 3 is 2.63 bits per heavy atom. The van der Waals surface area contributed by atoms with Crippen molar-refractivity contribution >= 4 is 23.4 Å². The van der Waals surface area contributed by atoms with Crippen molar-refractivity contribution in [3.05, 3.63) is 64.7 Å². The molecule has 2 aromatic rings. The fourth-order valence-electron chi connectivity index (χ4n) is 4.13. The van der Waals surface area contributed by atoms with Gasteiger partial charge in [0.05, 0.1) is 0 Å². The van der Waals surface area contributed by atoms with Crippen LogP contribution in [0.2, 0.25) is 0 Å². The molecule has 7 nitrogen and oxygen atoms in total. The first kappa shape index (κ1) is 20.1. The van der Waals surface area contributed by atoms with E-state index in [0.29, 0.717) is 31.6 Å². The zero-order valence-electron chi connectivity index (χ0n) is 16.8. The average Bonchev–Trinajstić information content (AvgIpc) is 3.08. The number of hydrogen-bond acceptors (Lipinski definition) is 5. The third kappa shape index (κ3) is 4.07. The normalized spacial score (nSPS) is 18.4. The number of anilines is 1. The molecule has 0 aromatic heterocycles. The van der Waals surface area contributed by atoms with Gasteiger partial charge in [-0.3, -0.25) is 19.7 Å². The van der Waals surface area contributed by atoms with Gasteiger partial charge in [0.2, 0.25) is 11.8 Å². The highest BCUT2D eigenvalue weighted by atomic mass is 16.2. The minimum atomic E-state index is -0.593. The number of aryl methyl sites for hydroxylation is 1. The summed E-state index contributed by atoms with van der Waals surface area (Å²) in [5.41, 5.74) is 10.3. The van der Waals surface area contributed by atoms with Crippen molar-refractivity contribution in [1.82, 2.24) is 10.2 Å². The molecule has 0 radical (unpaired) electrons. The van der Waals surface area contributed by atoms with Gasteiger partial charge in [-0.15, -0.1) is 0 Å². The molecule has 30 heavy (non-hydrogen) atoms. The Labute approximate surface area is 175 Å². The average molecular weight is 406 g/mol. The molecular formula is C23H26N4O3. The monoisotopic (exact) mass is 406 g/mol. The first-order valence-corrected chi connectivity index (χ1v) is 10.3. The molecule has 2 aliphatic rings. The van der Waals surface area contributed by atoms with E-state index in [0.717, 1.165) is 29.7 Å². The molecule has 3 amide bonds. The summed E-state index contributed by atoms with van der Waals surface area (Å²) in [7, 11) is 0. The molecule has 2 heterocycles. The van der Waals surface area contributed by atoms with E-state index in [9.17, 15) is 14.4 Å². The number of fused-ring (bicyclic) bond motifs is 1. The summed E-state index contributed by atoms with van der Waals surface area (Å²) in [4.78, 5) is 38.4. The lowest BCUT2D eigenvalue weighted by Gasteiger charge is -2.29. The fourth-order valence-corrected chi connectivity index (χ4v) is 4.13. The van der Waals surface area contributed by atoms with Crippen LogP contribution in [-0.2, 0) is 29.1 Å². The number of hydrogen-bond donors (Lipinski definition) is 3. The maximum Gasteiger partial charge on any atom is 0.255 e. The molecule has 7 heteroatoms.